The van der Waals surface area contributed by atoms with E-state index in [1.165, 1.54) is 18.9 Å². The molecule has 1 aliphatic rings. The zero-order valence-corrected chi connectivity index (χ0v) is 15.1. The van der Waals surface area contributed by atoms with Crippen LogP contribution in [0.1, 0.15) is 26.2 Å². The molecule has 1 aromatic rings. The average molecular weight is 393 g/mol. The minimum Gasteiger partial charge on any atom is -0.303 e. The summed E-state index contributed by atoms with van der Waals surface area (Å²) in [5, 5.41) is 0. The minimum absolute atomic E-state index is 0.0699. The van der Waals surface area contributed by atoms with Crippen LogP contribution in [0, 0.1) is 11.7 Å². The summed E-state index contributed by atoms with van der Waals surface area (Å²) in [6.45, 7) is 5.73. The van der Waals surface area contributed by atoms with E-state index < -0.39 is 15.8 Å². The second-order valence-corrected chi connectivity index (χ2v) is 8.46. The molecule has 0 spiro atoms. The van der Waals surface area contributed by atoms with Crippen LogP contribution in [-0.4, -0.2) is 39.5 Å². The molecule has 22 heavy (non-hydrogen) atoms. The summed E-state index contributed by atoms with van der Waals surface area (Å²) in [5.74, 6) is 0.255. The maximum atomic E-state index is 13.0. The van der Waals surface area contributed by atoms with Crippen LogP contribution in [0.3, 0.4) is 0 Å². The van der Waals surface area contributed by atoms with Crippen molar-refractivity contribution in [2.45, 2.75) is 31.1 Å². The second-order valence-electron chi connectivity index (χ2n) is 5.87. The number of hydrogen-bond donors (Lipinski definition) is 1. The fourth-order valence-electron chi connectivity index (χ4n) is 2.77. The first kappa shape index (κ1) is 17.8. The third-order valence-electron chi connectivity index (χ3n) is 3.87. The zero-order valence-electron chi connectivity index (χ0n) is 12.7. The normalized spacial score (nSPS) is 20.2. The van der Waals surface area contributed by atoms with Crippen molar-refractivity contribution in [3.63, 3.8) is 0 Å². The van der Waals surface area contributed by atoms with Gasteiger partial charge in [-0.3, -0.25) is 0 Å². The Morgan fingerprint density at radius 1 is 1.45 bits per heavy atom. The standard InChI is InChI=1S/C15H22BrFN2O2S/c1-12-4-2-8-19(11-12)9-3-7-18-22(20,21)15-6-5-13(17)10-14(15)16/h5-6,10,12,18H,2-4,7-9,11H2,1H3/t12-/m0/s1. The van der Waals surface area contributed by atoms with Gasteiger partial charge in [-0.25, -0.2) is 17.5 Å². The molecule has 0 saturated carbocycles. The SMILES string of the molecule is C[C@H]1CCCN(CCCNS(=O)(=O)c2ccc(F)cc2Br)C1. The second kappa shape index (κ2) is 7.86. The van der Waals surface area contributed by atoms with Gasteiger partial charge in [0.2, 0.25) is 10.0 Å². The Morgan fingerprint density at radius 3 is 2.91 bits per heavy atom. The third-order valence-corrected chi connectivity index (χ3v) is 6.31. The van der Waals surface area contributed by atoms with Crippen LogP contribution in [0.5, 0.6) is 0 Å². The van der Waals surface area contributed by atoms with Crippen molar-refractivity contribution >= 4 is 26.0 Å². The maximum absolute atomic E-state index is 13.0. The van der Waals surface area contributed by atoms with Gasteiger partial charge in [-0.2, -0.15) is 0 Å². The van der Waals surface area contributed by atoms with Crippen molar-refractivity contribution in [2.75, 3.05) is 26.2 Å². The van der Waals surface area contributed by atoms with Crippen LogP contribution in [0.2, 0.25) is 0 Å². The number of piperidine rings is 1. The molecule has 0 aliphatic carbocycles. The fourth-order valence-corrected chi connectivity index (χ4v) is 4.89. The van der Waals surface area contributed by atoms with Gasteiger partial charge in [0, 0.05) is 17.6 Å². The van der Waals surface area contributed by atoms with Gasteiger partial charge < -0.3 is 4.90 Å². The maximum Gasteiger partial charge on any atom is 0.241 e. The largest absolute Gasteiger partial charge is 0.303 e. The molecule has 2 rings (SSSR count). The molecule has 1 aliphatic heterocycles. The molecule has 0 unspecified atom stereocenters. The molecule has 124 valence electrons. The first-order chi connectivity index (χ1) is 10.4. The highest BCUT2D eigenvalue weighted by Gasteiger charge is 2.18. The van der Waals surface area contributed by atoms with Gasteiger partial charge in [0.1, 0.15) is 5.82 Å². The lowest BCUT2D eigenvalue weighted by atomic mass is 10.0. The predicted molar refractivity (Wildman–Crippen MR) is 88.7 cm³/mol. The molecule has 1 atom stereocenters. The Hall–Kier alpha value is -0.500. The minimum atomic E-state index is -3.60. The molecular weight excluding hydrogens is 371 g/mol. The van der Waals surface area contributed by atoms with Gasteiger partial charge >= 0.3 is 0 Å². The van der Waals surface area contributed by atoms with E-state index in [-0.39, 0.29) is 9.37 Å². The summed E-state index contributed by atoms with van der Waals surface area (Å²) in [6.07, 6.45) is 3.27. The summed E-state index contributed by atoms with van der Waals surface area (Å²) in [7, 11) is -3.60. The highest BCUT2D eigenvalue weighted by molar-refractivity contribution is 9.10. The summed E-state index contributed by atoms with van der Waals surface area (Å²) in [5.41, 5.74) is 0. The third kappa shape index (κ3) is 5.01. The molecule has 1 saturated heterocycles. The highest BCUT2D eigenvalue weighted by atomic mass is 79.9. The molecule has 1 fully saturated rings. The van der Waals surface area contributed by atoms with E-state index in [1.54, 1.807) is 0 Å². The number of likely N-dealkylation sites (tertiary alicyclic amines) is 1. The molecule has 4 nitrogen and oxygen atoms in total. The molecule has 0 radical (unpaired) electrons. The Kier molecular flexibility index (Phi) is 6.37. The van der Waals surface area contributed by atoms with E-state index in [2.05, 4.69) is 32.5 Å². The van der Waals surface area contributed by atoms with Gasteiger partial charge in [0.15, 0.2) is 0 Å². The van der Waals surface area contributed by atoms with Gasteiger partial charge in [-0.1, -0.05) is 6.92 Å². The molecule has 0 aromatic heterocycles. The van der Waals surface area contributed by atoms with E-state index >= 15 is 0 Å². The van der Waals surface area contributed by atoms with Gasteiger partial charge in [0.05, 0.1) is 4.90 Å². The van der Waals surface area contributed by atoms with Crippen molar-refractivity contribution < 1.29 is 12.8 Å². The number of halogens is 2. The first-order valence-electron chi connectivity index (χ1n) is 7.55. The Balaban J connectivity index is 1.82. The van der Waals surface area contributed by atoms with Crippen molar-refractivity contribution in [1.29, 1.82) is 0 Å². The Bertz CT molecular complexity index is 610. The Labute approximate surface area is 140 Å². The summed E-state index contributed by atoms with van der Waals surface area (Å²) >= 11 is 3.09. The monoisotopic (exact) mass is 392 g/mol. The number of sulfonamides is 1. The molecule has 0 bridgehead atoms. The van der Waals surface area contributed by atoms with Crippen molar-refractivity contribution in [3.05, 3.63) is 28.5 Å². The molecule has 1 heterocycles. The summed E-state index contributed by atoms with van der Waals surface area (Å²) in [4.78, 5) is 2.46. The number of benzene rings is 1. The van der Waals surface area contributed by atoms with Gasteiger partial charge in [0.25, 0.3) is 0 Å². The van der Waals surface area contributed by atoms with Crippen LogP contribution in [-0.2, 0) is 10.0 Å². The number of nitrogens with zero attached hydrogens (tertiary/aromatic N) is 1. The highest BCUT2D eigenvalue weighted by Crippen LogP contribution is 2.22. The van der Waals surface area contributed by atoms with E-state index in [0.717, 1.165) is 44.1 Å². The lowest BCUT2D eigenvalue weighted by Crippen LogP contribution is -2.36. The molecule has 7 heteroatoms. The zero-order chi connectivity index (χ0) is 16.2. The predicted octanol–water partition coefficient (Wildman–Crippen LogP) is 2.99. The van der Waals surface area contributed by atoms with Crippen LogP contribution in [0.4, 0.5) is 4.39 Å². The summed E-state index contributed by atoms with van der Waals surface area (Å²) in [6, 6.07) is 3.58. The van der Waals surface area contributed by atoms with Crippen molar-refractivity contribution in [2.24, 2.45) is 5.92 Å². The van der Waals surface area contributed by atoms with E-state index in [1.807, 2.05) is 0 Å². The lowest BCUT2D eigenvalue weighted by Gasteiger charge is -2.30. The lowest BCUT2D eigenvalue weighted by molar-refractivity contribution is 0.182. The van der Waals surface area contributed by atoms with Crippen molar-refractivity contribution in [1.82, 2.24) is 9.62 Å². The average Bonchev–Trinajstić information content (AvgIpc) is 2.43. The van der Waals surface area contributed by atoms with Gasteiger partial charge in [-0.15, -0.1) is 0 Å². The quantitative estimate of drug-likeness (QED) is 0.756. The summed E-state index contributed by atoms with van der Waals surface area (Å²) < 4.78 is 40.2. The molecule has 1 N–H and O–H groups in total. The van der Waals surface area contributed by atoms with E-state index in [9.17, 15) is 12.8 Å². The Morgan fingerprint density at radius 2 is 2.23 bits per heavy atom. The first-order valence-corrected chi connectivity index (χ1v) is 9.83. The van der Waals surface area contributed by atoms with Crippen LogP contribution < -0.4 is 4.72 Å². The molecule has 1 aromatic carbocycles. The van der Waals surface area contributed by atoms with Crippen molar-refractivity contribution in [3.8, 4) is 0 Å². The number of rotatable bonds is 6. The van der Waals surface area contributed by atoms with Crippen LogP contribution in [0.15, 0.2) is 27.6 Å². The molecule has 0 amide bonds. The van der Waals surface area contributed by atoms with Crippen LogP contribution >= 0.6 is 15.9 Å². The topological polar surface area (TPSA) is 49.4 Å². The smallest absolute Gasteiger partial charge is 0.241 e. The van der Waals surface area contributed by atoms with Gasteiger partial charge in [-0.05, 0) is 72.4 Å². The number of nitrogens with one attached hydrogen (secondary N) is 1. The number of hydrogen-bond acceptors (Lipinski definition) is 3. The van der Waals surface area contributed by atoms with Crippen LogP contribution in [0.25, 0.3) is 0 Å². The van der Waals surface area contributed by atoms with E-state index in [0.29, 0.717) is 6.54 Å². The fraction of sp³-hybridized carbons (Fsp3) is 0.600. The van der Waals surface area contributed by atoms with E-state index in [4.69, 9.17) is 0 Å². The molecular formula is C15H22BrFN2O2S.